The van der Waals surface area contributed by atoms with Gasteiger partial charge in [0.25, 0.3) is 0 Å². The molecule has 0 bridgehead atoms. The second-order valence-electron chi connectivity index (χ2n) is 7.31. The van der Waals surface area contributed by atoms with E-state index in [1.807, 2.05) is 6.07 Å². The quantitative estimate of drug-likeness (QED) is 0.347. The van der Waals surface area contributed by atoms with Gasteiger partial charge >= 0.3 is 6.09 Å². The van der Waals surface area contributed by atoms with Gasteiger partial charge in [-0.1, -0.05) is 23.4 Å². The summed E-state index contributed by atoms with van der Waals surface area (Å²) in [6.45, 7) is 5.06. The number of halogens is 2. The molecule has 180 valence electrons. The summed E-state index contributed by atoms with van der Waals surface area (Å²) in [6, 6.07) is 6.22. The van der Waals surface area contributed by atoms with Crippen molar-refractivity contribution in [2.75, 3.05) is 10.6 Å². The molecule has 35 heavy (non-hydrogen) atoms. The third-order valence-electron chi connectivity index (χ3n) is 4.70. The Morgan fingerprint density at radius 2 is 2.06 bits per heavy atom. The summed E-state index contributed by atoms with van der Waals surface area (Å²) >= 11 is 5.97. The van der Waals surface area contributed by atoms with Gasteiger partial charge in [0.1, 0.15) is 17.1 Å². The van der Waals surface area contributed by atoms with Crippen molar-refractivity contribution in [2.24, 2.45) is 7.05 Å². The fourth-order valence-corrected chi connectivity index (χ4v) is 3.15. The lowest BCUT2D eigenvalue weighted by Crippen LogP contribution is -2.19. The number of nitriles is 1. The molecule has 0 aliphatic heterocycles. The molecule has 0 aromatic carbocycles. The number of amides is 2. The number of rotatable bonds is 8. The average Bonchev–Trinajstić information content (AvgIpc) is 3.19. The van der Waals surface area contributed by atoms with E-state index in [0.29, 0.717) is 17.0 Å². The summed E-state index contributed by atoms with van der Waals surface area (Å²) in [4.78, 5) is 32.4. The summed E-state index contributed by atoms with van der Waals surface area (Å²) in [5, 5.41) is 21.9. The van der Waals surface area contributed by atoms with Crippen LogP contribution in [0.15, 0.2) is 42.7 Å². The molecule has 3 heterocycles. The summed E-state index contributed by atoms with van der Waals surface area (Å²) in [5.41, 5.74) is 1.59. The predicted octanol–water partition coefficient (Wildman–Crippen LogP) is 4.17. The van der Waals surface area contributed by atoms with E-state index in [4.69, 9.17) is 21.6 Å². The van der Waals surface area contributed by atoms with Crippen LogP contribution in [0.5, 0.6) is 0 Å². The van der Waals surface area contributed by atoms with Crippen LogP contribution in [0, 0.1) is 17.1 Å². The second-order valence-corrected chi connectivity index (χ2v) is 7.67. The number of aromatic nitrogens is 5. The van der Waals surface area contributed by atoms with E-state index in [-0.39, 0.29) is 41.0 Å². The third kappa shape index (κ3) is 6.58. The van der Waals surface area contributed by atoms with Crippen molar-refractivity contribution in [3.63, 3.8) is 0 Å². The van der Waals surface area contributed by atoms with Crippen molar-refractivity contribution in [3.05, 3.63) is 59.3 Å². The van der Waals surface area contributed by atoms with Crippen LogP contribution in [-0.4, -0.2) is 37.0 Å². The maximum absolute atomic E-state index is 13.5. The molecule has 0 unspecified atom stereocenters. The van der Waals surface area contributed by atoms with Crippen molar-refractivity contribution in [1.29, 1.82) is 5.26 Å². The first-order valence-corrected chi connectivity index (χ1v) is 10.6. The molecule has 11 nitrogen and oxygen atoms in total. The molecule has 0 fully saturated rings. The molecule has 0 aliphatic rings. The first-order valence-electron chi connectivity index (χ1n) is 10.2. The molecule has 0 spiro atoms. The maximum atomic E-state index is 13.5. The van der Waals surface area contributed by atoms with Crippen LogP contribution in [0.25, 0.3) is 11.4 Å². The minimum atomic E-state index is -0.887. The first-order chi connectivity index (χ1) is 16.7. The lowest BCUT2D eigenvalue weighted by molar-refractivity contribution is -0.116. The van der Waals surface area contributed by atoms with Crippen molar-refractivity contribution >= 4 is 35.1 Å². The van der Waals surface area contributed by atoms with E-state index >= 15 is 0 Å². The lowest BCUT2D eigenvalue weighted by atomic mass is 10.2. The Labute approximate surface area is 204 Å². The molecule has 3 aromatic rings. The zero-order valence-electron chi connectivity index (χ0n) is 18.7. The van der Waals surface area contributed by atoms with Crippen LogP contribution in [0.3, 0.4) is 0 Å². The predicted molar refractivity (Wildman–Crippen MR) is 125 cm³/mol. The summed E-state index contributed by atoms with van der Waals surface area (Å²) in [6.07, 6.45) is 1.02. The van der Waals surface area contributed by atoms with Crippen molar-refractivity contribution < 1.29 is 18.7 Å². The molecule has 3 rings (SSSR count). The number of carbonyl (C=O) groups excluding carboxylic acids is 2. The highest BCUT2D eigenvalue weighted by atomic mass is 35.5. The van der Waals surface area contributed by atoms with Crippen LogP contribution >= 0.6 is 11.6 Å². The highest BCUT2D eigenvalue weighted by Gasteiger charge is 2.21. The van der Waals surface area contributed by atoms with Crippen LogP contribution in [0.2, 0.25) is 5.15 Å². The van der Waals surface area contributed by atoms with Gasteiger partial charge in [0, 0.05) is 24.6 Å². The number of anilines is 2. The number of allylic oxidation sites excluding steroid dienone is 1. The Kier molecular flexibility index (Phi) is 8.06. The van der Waals surface area contributed by atoms with Crippen LogP contribution in [0.1, 0.15) is 31.4 Å². The molecule has 13 heteroatoms. The number of nitrogens with zero attached hydrogens (tertiary/aromatic N) is 6. The first kappa shape index (κ1) is 25.3. The monoisotopic (exact) mass is 498 g/mol. The minimum absolute atomic E-state index is 0.0148. The topological polar surface area (TPSA) is 148 Å². The maximum Gasteiger partial charge on any atom is 0.413 e. The Hall–Kier alpha value is -4.37. The average molecular weight is 499 g/mol. The molecule has 0 saturated carbocycles. The normalized spacial score (nSPS) is 11.3. The second kappa shape index (κ2) is 11.2. The number of pyridine rings is 2. The van der Waals surface area contributed by atoms with Gasteiger partial charge in [0.05, 0.1) is 29.8 Å². The Balaban J connectivity index is 1.67. The third-order valence-corrected chi connectivity index (χ3v) is 5.02. The molecule has 2 N–H and O–H groups in total. The van der Waals surface area contributed by atoms with Crippen LogP contribution in [-0.2, 0) is 16.6 Å². The van der Waals surface area contributed by atoms with Crippen LogP contribution in [0.4, 0.5) is 20.7 Å². The van der Waals surface area contributed by atoms with Crippen molar-refractivity contribution in [2.45, 2.75) is 25.9 Å². The minimum Gasteiger partial charge on any atom is -0.441 e. The van der Waals surface area contributed by atoms with Gasteiger partial charge in [-0.15, -0.1) is 5.10 Å². The smallest absolute Gasteiger partial charge is 0.413 e. The van der Waals surface area contributed by atoms with Gasteiger partial charge in [-0.05, 0) is 31.5 Å². The number of hydrogen-bond acceptors (Lipinski definition) is 8. The van der Waals surface area contributed by atoms with Gasteiger partial charge in [0.15, 0.2) is 11.5 Å². The van der Waals surface area contributed by atoms with Gasteiger partial charge in [-0.3, -0.25) is 15.1 Å². The standard InChI is InChI=1S/C22H20ClFN8O3/c1-12(9-25)4-7-18(33)28-15-5-6-17(26-11-15)19-21(32(3)31-30-19)29-22(34)35-13(2)16-8-14(24)10-27-20(16)23/h5-6,8,10-11,13H,1,4,7H2,2-3H3,(H,28,33)(H,29,34)/t13-/m1/s1. The van der Waals surface area contributed by atoms with Gasteiger partial charge in [0.2, 0.25) is 5.91 Å². The Bertz CT molecular complexity index is 1300. The molecular formula is C22H20ClFN8O3. The van der Waals surface area contributed by atoms with E-state index in [1.54, 1.807) is 19.2 Å². The Morgan fingerprint density at radius 3 is 2.74 bits per heavy atom. The molecule has 1 atom stereocenters. The number of aryl methyl sites for hydroxylation is 1. The fourth-order valence-electron chi connectivity index (χ4n) is 2.89. The number of carbonyl (C=O) groups is 2. The van der Waals surface area contributed by atoms with E-state index in [0.717, 1.165) is 12.3 Å². The molecule has 0 radical (unpaired) electrons. The SMILES string of the molecule is C=C(C#N)CCC(=O)Nc1ccc(-c2nnn(C)c2NC(=O)O[C@H](C)c2cc(F)cnc2Cl)nc1. The Morgan fingerprint density at radius 1 is 1.29 bits per heavy atom. The van der Waals surface area contributed by atoms with Crippen molar-refractivity contribution in [1.82, 2.24) is 25.0 Å². The molecule has 0 saturated heterocycles. The van der Waals surface area contributed by atoms with E-state index in [1.165, 1.54) is 17.8 Å². The van der Waals surface area contributed by atoms with E-state index in [2.05, 4.69) is 37.5 Å². The lowest BCUT2D eigenvalue weighted by Gasteiger charge is -2.15. The number of nitrogens with one attached hydrogen (secondary N) is 2. The molecule has 3 aromatic heterocycles. The largest absolute Gasteiger partial charge is 0.441 e. The van der Waals surface area contributed by atoms with Crippen LogP contribution < -0.4 is 10.6 Å². The summed E-state index contributed by atoms with van der Waals surface area (Å²) < 4.78 is 20.1. The van der Waals surface area contributed by atoms with E-state index in [9.17, 15) is 14.0 Å². The van der Waals surface area contributed by atoms with Gasteiger partial charge in [-0.25, -0.2) is 18.9 Å². The summed E-state index contributed by atoms with van der Waals surface area (Å²) in [5.74, 6) is -0.704. The highest BCUT2D eigenvalue weighted by molar-refractivity contribution is 6.30. The molecular weight excluding hydrogens is 479 g/mol. The van der Waals surface area contributed by atoms with Crippen molar-refractivity contribution in [3.8, 4) is 17.5 Å². The molecule has 0 aliphatic carbocycles. The fraction of sp³-hybridized carbons (Fsp3) is 0.227. The van der Waals surface area contributed by atoms with Gasteiger partial charge < -0.3 is 10.1 Å². The zero-order chi connectivity index (χ0) is 25.5. The number of ether oxygens (including phenoxy) is 1. The number of hydrogen-bond donors (Lipinski definition) is 2. The van der Waals surface area contributed by atoms with Gasteiger partial charge in [-0.2, -0.15) is 5.26 Å². The molecule has 2 amide bonds. The highest BCUT2D eigenvalue weighted by Crippen LogP contribution is 2.27. The zero-order valence-corrected chi connectivity index (χ0v) is 19.5. The summed E-state index contributed by atoms with van der Waals surface area (Å²) in [7, 11) is 1.56. The van der Waals surface area contributed by atoms with E-state index < -0.39 is 18.0 Å².